The van der Waals surface area contributed by atoms with Gasteiger partial charge in [0.1, 0.15) is 0 Å². The lowest BCUT2D eigenvalue weighted by molar-refractivity contribution is -0.161. The Morgan fingerprint density at radius 3 is 1.21 bits per heavy atom. The lowest BCUT2D eigenvalue weighted by Gasteiger charge is -2.28. The summed E-state index contributed by atoms with van der Waals surface area (Å²) in [5.74, 6) is 0. The number of rotatable bonds is 5. The largest absolute Gasteiger partial charge is 0.417 e. The van der Waals surface area contributed by atoms with Crippen LogP contribution >= 0.6 is 7.92 Å². The van der Waals surface area contributed by atoms with Crippen LogP contribution < -0.4 is 10.6 Å². The zero-order valence-corrected chi connectivity index (χ0v) is 17.5. The van der Waals surface area contributed by atoms with Gasteiger partial charge in [-0.25, -0.2) is 0 Å². The summed E-state index contributed by atoms with van der Waals surface area (Å²) >= 11 is 0. The van der Waals surface area contributed by atoms with Gasteiger partial charge in [-0.2, -0.15) is 52.7 Å². The minimum absolute atomic E-state index is 0.0210. The van der Waals surface area contributed by atoms with Crippen molar-refractivity contribution in [2.75, 3.05) is 6.16 Å². The summed E-state index contributed by atoms with van der Waals surface area (Å²) in [6.07, 6.45) is -22.5. The first-order valence-electron chi connectivity index (χ1n) is 9.23. The van der Waals surface area contributed by atoms with Crippen molar-refractivity contribution in [3.8, 4) is 0 Å². The average molecular weight is 514 g/mol. The van der Waals surface area contributed by atoms with Crippen molar-refractivity contribution in [2.24, 2.45) is 0 Å². The maximum absolute atomic E-state index is 13.7. The molecule has 0 heterocycles. The Bertz CT molecular complexity index is 891. The number of unbranched alkanes of at least 4 members (excludes halogenated alkanes) is 1. The van der Waals surface area contributed by atoms with E-state index < -0.39 is 71.7 Å². The summed E-state index contributed by atoms with van der Waals surface area (Å²) < 4.78 is 163. The molecule has 0 bridgehead atoms. The van der Waals surface area contributed by atoms with Gasteiger partial charge in [-0.3, -0.25) is 0 Å². The SMILES string of the molecule is CCCCP(c1cccc(C(F)(F)F)c1C(F)(F)F)c1cccc(C(F)(F)F)c1C(F)(F)F. The van der Waals surface area contributed by atoms with E-state index in [1.807, 2.05) is 0 Å². The molecule has 33 heavy (non-hydrogen) atoms. The molecule has 0 saturated heterocycles. The summed E-state index contributed by atoms with van der Waals surface area (Å²) in [4.78, 5) is 0. The Balaban J connectivity index is 2.98. The molecular formula is C20H15F12P. The molecule has 0 aliphatic carbocycles. The van der Waals surface area contributed by atoms with Crippen LogP contribution in [0.1, 0.15) is 42.0 Å². The van der Waals surface area contributed by atoms with Gasteiger partial charge in [0.2, 0.25) is 0 Å². The molecular weight excluding hydrogens is 499 g/mol. The highest BCUT2D eigenvalue weighted by Gasteiger charge is 2.48. The fourth-order valence-corrected chi connectivity index (χ4v) is 6.23. The van der Waals surface area contributed by atoms with Crippen LogP contribution in [0.2, 0.25) is 0 Å². The third-order valence-electron chi connectivity index (χ3n) is 4.58. The van der Waals surface area contributed by atoms with Gasteiger partial charge in [-0.15, -0.1) is 0 Å². The molecule has 0 unspecified atom stereocenters. The number of hydrogen-bond acceptors (Lipinski definition) is 0. The van der Waals surface area contributed by atoms with Gasteiger partial charge < -0.3 is 0 Å². The molecule has 0 spiro atoms. The second kappa shape index (κ2) is 9.35. The summed E-state index contributed by atoms with van der Waals surface area (Å²) in [6, 6.07) is 2.68. The first-order valence-corrected chi connectivity index (χ1v) is 10.8. The molecule has 184 valence electrons. The zero-order valence-electron chi connectivity index (χ0n) is 16.6. The minimum atomic E-state index is -5.62. The molecule has 0 amide bonds. The third kappa shape index (κ3) is 6.13. The van der Waals surface area contributed by atoms with E-state index in [0.29, 0.717) is 24.3 Å². The molecule has 2 aromatic carbocycles. The fraction of sp³-hybridized carbons (Fsp3) is 0.400. The number of halogens is 12. The van der Waals surface area contributed by atoms with Crippen molar-refractivity contribution >= 4 is 18.5 Å². The van der Waals surface area contributed by atoms with Crippen LogP contribution in [0.3, 0.4) is 0 Å². The van der Waals surface area contributed by atoms with Crippen molar-refractivity contribution in [2.45, 2.75) is 44.5 Å². The fourth-order valence-electron chi connectivity index (χ4n) is 3.29. The Kier molecular flexibility index (Phi) is 7.73. The molecule has 2 aromatic rings. The van der Waals surface area contributed by atoms with Gasteiger partial charge in [0.15, 0.2) is 0 Å². The molecule has 13 heteroatoms. The summed E-state index contributed by atoms with van der Waals surface area (Å²) in [6.45, 7) is 1.53. The van der Waals surface area contributed by atoms with Crippen molar-refractivity contribution < 1.29 is 52.7 Å². The average Bonchev–Trinajstić information content (AvgIpc) is 2.65. The van der Waals surface area contributed by atoms with Crippen molar-refractivity contribution in [3.05, 3.63) is 58.7 Å². The highest BCUT2D eigenvalue weighted by Crippen LogP contribution is 2.49. The van der Waals surface area contributed by atoms with Crippen LogP contribution in [0, 0.1) is 0 Å². The predicted octanol–water partition coefficient (Wildman–Crippen LogP) is 7.99. The van der Waals surface area contributed by atoms with E-state index in [9.17, 15) is 52.7 Å². The molecule has 2 rings (SSSR count). The standard InChI is InChI=1S/C20H15F12P/c1-2-3-10-33(13-8-4-6-11(17(21,22)23)15(13)19(27,28)29)14-9-5-7-12(18(24,25)26)16(14)20(30,31)32/h4-9H,2-3,10H2,1H3. The van der Waals surface area contributed by atoms with Gasteiger partial charge in [0, 0.05) is 0 Å². The second-order valence-corrected chi connectivity index (χ2v) is 9.16. The maximum Gasteiger partial charge on any atom is 0.417 e. The number of alkyl halides is 12. The van der Waals surface area contributed by atoms with Crippen LogP contribution in [0.5, 0.6) is 0 Å². The topological polar surface area (TPSA) is 0 Å². The second-order valence-electron chi connectivity index (χ2n) is 6.90. The van der Waals surface area contributed by atoms with Crippen LogP contribution in [0.25, 0.3) is 0 Å². The molecule has 0 aromatic heterocycles. The quantitative estimate of drug-likeness (QED) is 0.280. The van der Waals surface area contributed by atoms with Gasteiger partial charge in [0.05, 0.1) is 22.3 Å². The molecule has 0 saturated carbocycles. The third-order valence-corrected chi connectivity index (χ3v) is 7.25. The summed E-state index contributed by atoms with van der Waals surface area (Å²) in [5, 5.41) is -2.21. The van der Waals surface area contributed by atoms with E-state index in [0.717, 1.165) is 0 Å². The molecule has 0 N–H and O–H groups in total. The van der Waals surface area contributed by atoms with Crippen LogP contribution in [-0.2, 0) is 24.7 Å². The van der Waals surface area contributed by atoms with Crippen LogP contribution in [0.15, 0.2) is 36.4 Å². The van der Waals surface area contributed by atoms with Gasteiger partial charge >= 0.3 is 24.7 Å². The number of hydrogen-bond donors (Lipinski definition) is 0. The lowest BCUT2D eigenvalue weighted by Crippen LogP contribution is -2.32. The zero-order chi connectivity index (χ0) is 25.4. The molecule has 0 atom stereocenters. The molecule has 0 aliphatic heterocycles. The predicted molar refractivity (Wildman–Crippen MR) is 98.9 cm³/mol. The first-order chi connectivity index (χ1) is 14.9. The Labute approximate surface area is 181 Å². The molecule has 0 fully saturated rings. The highest BCUT2D eigenvalue weighted by atomic mass is 31.1. The van der Waals surface area contributed by atoms with E-state index in [1.54, 1.807) is 0 Å². The van der Waals surface area contributed by atoms with E-state index >= 15 is 0 Å². The Hall–Kier alpha value is -1.97. The van der Waals surface area contributed by atoms with Crippen LogP contribution in [-0.4, -0.2) is 6.16 Å². The lowest BCUT2D eigenvalue weighted by atomic mass is 10.1. The molecule has 0 nitrogen and oxygen atoms in total. The van der Waals surface area contributed by atoms with E-state index in [-0.39, 0.29) is 25.0 Å². The summed E-state index contributed by atoms with van der Waals surface area (Å²) in [7, 11) is -2.89. The van der Waals surface area contributed by atoms with Crippen LogP contribution in [0.4, 0.5) is 52.7 Å². The monoisotopic (exact) mass is 514 g/mol. The van der Waals surface area contributed by atoms with Gasteiger partial charge in [0.25, 0.3) is 0 Å². The van der Waals surface area contributed by atoms with E-state index in [1.165, 1.54) is 6.92 Å². The minimum Gasteiger partial charge on any atom is -0.166 e. The van der Waals surface area contributed by atoms with Gasteiger partial charge in [-0.05, 0) is 43.2 Å². The molecule has 0 aliphatic rings. The van der Waals surface area contributed by atoms with Gasteiger partial charge in [-0.1, -0.05) is 37.6 Å². The van der Waals surface area contributed by atoms with Crippen molar-refractivity contribution in [3.63, 3.8) is 0 Å². The summed E-state index contributed by atoms with van der Waals surface area (Å²) in [5.41, 5.74) is -8.61. The molecule has 0 radical (unpaired) electrons. The highest BCUT2D eigenvalue weighted by molar-refractivity contribution is 7.73. The van der Waals surface area contributed by atoms with E-state index in [4.69, 9.17) is 0 Å². The Morgan fingerprint density at radius 2 is 0.939 bits per heavy atom. The smallest absolute Gasteiger partial charge is 0.166 e. The van der Waals surface area contributed by atoms with Crippen molar-refractivity contribution in [1.82, 2.24) is 0 Å². The first kappa shape index (κ1) is 27.3. The normalized spacial score (nSPS) is 13.6. The van der Waals surface area contributed by atoms with Crippen molar-refractivity contribution in [1.29, 1.82) is 0 Å². The maximum atomic E-state index is 13.7. The number of benzene rings is 2. The van der Waals surface area contributed by atoms with E-state index in [2.05, 4.69) is 0 Å². The Morgan fingerprint density at radius 1 is 0.576 bits per heavy atom.